The highest BCUT2D eigenvalue weighted by atomic mass is 79.9. The summed E-state index contributed by atoms with van der Waals surface area (Å²) in [6, 6.07) is 3.03. The van der Waals surface area contributed by atoms with Crippen molar-refractivity contribution in [2.75, 3.05) is 7.11 Å². The van der Waals surface area contributed by atoms with Crippen LogP contribution in [-0.4, -0.2) is 12.4 Å². The number of benzene rings is 1. The molecular formula is C8H5BrCl2O2. The van der Waals surface area contributed by atoms with Crippen LogP contribution in [0.2, 0.25) is 5.02 Å². The summed E-state index contributed by atoms with van der Waals surface area (Å²) >= 11 is 14.3. The Morgan fingerprint density at radius 1 is 1.54 bits per heavy atom. The summed E-state index contributed by atoms with van der Waals surface area (Å²) in [5.74, 6) is 0.417. The first-order valence-electron chi connectivity index (χ1n) is 3.29. The molecule has 0 spiro atoms. The molecule has 5 heteroatoms. The number of hydrogen-bond acceptors (Lipinski definition) is 2. The van der Waals surface area contributed by atoms with Gasteiger partial charge in [0, 0.05) is 10.0 Å². The lowest BCUT2D eigenvalue weighted by molar-refractivity contribution is 0.108. The van der Waals surface area contributed by atoms with Gasteiger partial charge >= 0.3 is 0 Å². The molecule has 0 aliphatic rings. The molecule has 0 saturated heterocycles. The van der Waals surface area contributed by atoms with Gasteiger partial charge < -0.3 is 4.74 Å². The first-order chi connectivity index (χ1) is 6.06. The van der Waals surface area contributed by atoms with Crippen molar-refractivity contribution in [2.45, 2.75) is 0 Å². The van der Waals surface area contributed by atoms with Crippen molar-refractivity contribution >= 4 is 44.4 Å². The maximum atomic E-state index is 10.8. The van der Waals surface area contributed by atoms with Crippen LogP contribution in [0, 0.1) is 0 Å². The third-order valence-electron chi connectivity index (χ3n) is 1.44. The van der Waals surface area contributed by atoms with Crippen molar-refractivity contribution in [3.8, 4) is 5.75 Å². The van der Waals surface area contributed by atoms with E-state index in [-0.39, 0.29) is 0 Å². The minimum absolute atomic E-state index is 0.342. The van der Waals surface area contributed by atoms with Crippen LogP contribution in [0.15, 0.2) is 16.6 Å². The molecule has 0 radical (unpaired) electrons. The topological polar surface area (TPSA) is 26.3 Å². The van der Waals surface area contributed by atoms with E-state index in [0.717, 1.165) is 0 Å². The molecule has 0 aliphatic heterocycles. The van der Waals surface area contributed by atoms with Crippen molar-refractivity contribution in [3.63, 3.8) is 0 Å². The number of carbonyl (C=O) groups is 1. The Balaban J connectivity index is 3.30. The molecule has 0 amide bonds. The largest absolute Gasteiger partial charge is 0.495 e. The van der Waals surface area contributed by atoms with Crippen LogP contribution < -0.4 is 4.74 Å². The molecule has 0 bridgehead atoms. The second kappa shape index (κ2) is 4.31. The van der Waals surface area contributed by atoms with E-state index in [1.165, 1.54) is 13.2 Å². The molecule has 1 aromatic carbocycles. The Bertz CT molecular complexity index is 352. The quantitative estimate of drug-likeness (QED) is 0.777. The van der Waals surface area contributed by atoms with E-state index in [0.29, 0.717) is 20.8 Å². The van der Waals surface area contributed by atoms with Gasteiger partial charge in [-0.1, -0.05) is 11.6 Å². The maximum Gasteiger partial charge on any atom is 0.252 e. The zero-order chi connectivity index (χ0) is 10.0. The summed E-state index contributed by atoms with van der Waals surface area (Å²) in [6.45, 7) is 0. The summed E-state index contributed by atoms with van der Waals surface area (Å²) in [7, 11) is 1.47. The molecule has 0 heterocycles. The molecule has 0 aliphatic carbocycles. The van der Waals surface area contributed by atoms with E-state index >= 15 is 0 Å². The van der Waals surface area contributed by atoms with Crippen molar-refractivity contribution in [3.05, 3.63) is 27.2 Å². The maximum absolute atomic E-state index is 10.8. The van der Waals surface area contributed by atoms with E-state index in [4.69, 9.17) is 27.9 Å². The van der Waals surface area contributed by atoms with Gasteiger partial charge in [0.25, 0.3) is 5.24 Å². The number of halogens is 3. The molecule has 0 aromatic heterocycles. The molecule has 13 heavy (non-hydrogen) atoms. The van der Waals surface area contributed by atoms with Gasteiger partial charge in [0.1, 0.15) is 5.75 Å². The molecule has 70 valence electrons. The molecule has 1 rings (SSSR count). The van der Waals surface area contributed by atoms with Gasteiger partial charge in [0.05, 0.1) is 12.1 Å². The predicted molar refractivity (Wildman–Crippen MR) is 55.9 cm³/mol. The highest BCUT2D eigenvalue weighted by Crippen LogP contribution is 2.33. The van der Waals surface area contributed by atoms with Crippen LogP contribution in [-0.2, 0) is 0 Å². The number of carbonyl (C=O) groups excluding carboxylic acids is 1. The molecule has 0 saturated carbocycles. The highest BCUT2D eigenvalue weighted by Gasteiger charge is 2.10. The molecule has 2 nitrogen and oxygen atoms in total. The summed E-state index contributed by atoms with van der Waals surface area (Å²) in [5, 5.41) is -0.125. The van der Waals surface area contributed by atoms with E-state index in [2.05, 4.69) is 15.9 Å². The highest BCUT2D eigenvalue weighted by molar-refractivity contribution is 9.10. The predicted octanol–water partition coefficient (Wildman–Crippen LogP) is 3.49. The van der Waals surface area contributed by atoms with Crippen LogP contribution in [0.1, 0.15) is 10.4 Å². The number of ether oxygens (including phenoxy) is 1. The van der Waals surface area contributed by atoms with Gasteiger partial charge in [-0.25, -0.2) is 0 Å². The standard InChI is InChI=1S/C8H5BrCl2O2/c1-13-6-3-4(8(11)12)2-5(9)7(6)10/h2-3H,1H3. The van der Waals surface area contributed by atoms with Crippen molar-refractivity contribution in [2.24, 2.45) is 0 Å². The third kappa shape index (κ3) is 2.36. The van der Waals surface area contributed by atoms with Crippen molar-refractivity contribution < 1.29 is 9.53 Å². The van der Waals surface area contributed by atoms with Gasteiger partial charge in [0.2, 0.25) is 0 Å². The Kier molecular flexibility index (Phi) is 3.59. The second-order valence-corrected chi connectivity index (χ2v) is 3.82. The van der Waals surface area contributed by atoms with E-state index in [9.17, 15) is 4.79 Å². The third-order valence-corrected chi connectivity index (χ3v) is 2.90. The SMILES string of the molecule is COc1cc(C(=O)Cl)cc(Br)c1Cl. The number of methoxy groups -OCH3 is 1. The van der Waals surface area contributed by atoms with Gasteiger partial charge in [-0.05, 0) is 39.7 Å². The monoisotopic (exact) mass is 282 g/mol. The first-order valence-corrected chi connectivity index (χ1v) is 4.84. The summed E-state index contributed by atoms with van der Waals surface area (Å²) < 4.78 is 5.52. The van der Waals surface area contributed by atoms with E-state index in [1.807, 2.05) is 0 Å². The first kappa shape index (κ1) is 10.8. The fraction of sp³-hybridized carbons (Fsp3) is 0.125. The average molecular weight is 284 g/mol. The Labute approximate surface area is 93.9 Å². The second-order valence-electron chi connectivity index (χ2n) is 2.25. The number of rotatable bonds is 2. The fourth-order valence-corrected chi connectivity index (χ4v) is 1.56. The minimum atomic E-state index is -0.546. The molecule has 0 atom stereocenters. The van der Waals surface area contributed by atoms with Crippen LogP contribution in [0.5, 0.6) is 5.75 Å². The summed E-state index contributed by atoms with van der Waals surface area (Å²) in [6.07, 6.45) is 0. The van der Waals surface area contributed by atoms with Gasteiger partial charge in [0.15, 0.2) is 0 Å². The lowest BCUT2D eigenvalue weighted by Crippen LogP contribution is -1.92. The number of hydrogen-bond donors (Lipinski definition) is 0. The Morgan fingerprint density at radius 2 is 2.15 bits per heavy atom. The molecule has 0 fully saturated rings. The molecular weight excluding hydrogens is 279 g/mol. The average Bonchev–Trinajstić information content (AvgIpc) is 2.09. The molecule has 1 aromatic rings. The smallest absolute Gasteiger partial charge is 0.252 e. The summed E-state index contributed by atoms with van der Waals surface area (Å²) in [5.41, 5.74) is 0.342. The van der Waals surface area contributed by atoms with Gasteiger partial charge in [-0.2, -0.15) is 0 Å². The van der Waals surface area contributed by atoms with E-state index in [1.54, 1.807) is 6.07 Å². The van der Waals surface area contributed by atoms with Crippen LogP contribution in [0.25, 0.3) is 0 Å². The van der Waals surface area contributed by atoms with Crippen LogP contribution >= 0.6 is 39.1 Å². The fourth-order valence-electron chi connectivity index (χ4n) is 0.826. The van der Waals surface area contributed by atoms with Gasteiger partial charge in [-0.15, -0.1) is 0 Å². The lowest BCUT2D eigenvalue weighted by Gasteiger charge is -2.05. The summed E-state index contributed by atoms with van der Waals surface area (Å²) in [4.78, 5) is 10.8. The zero-order valence-corrected chi connectivity index (χ0v) is 9.70. The lowest BCUT2D eigenvalue weighted by atomic mass is 10.2. The molecule has 0 N–H and O–H groups in total. The van der Waals surface area contributed by atoms with Gasteiger partial charge in [-0.3, -0.25) is 4.79 Å². The van der Waals surface area contributed by atoms with Crippen molar-refractivity contribution in [1.82, 2.24) is 0 Å². The minimum Gasteiger partial charge on any atom is -0.495 e. The normalized spacial score (nSPS) is 9.85. The van der Waals surface area contributed by atoms with Crippen LogP contribution in [0.3, 0.4) is 0 Å². The molecule has 0 unspecified atom stereocenters. The van der Waals surface area contributed by atoms with E-state index < -0.39 is 5.24 Å². The Morgan fingerprint density at radius 3 is 2.62 bits per heavy atom. The zero-order valence-electron chi connectivity index (χ0n) is 6.61. The van der Waals surface area contributed by atoms with Crippen LogP contribution in [0.4, 0.5) is 0 Å². The Hall–Kier alpha value is -0.250. The van der Waals surface area contributed by atoms with Crippen molar-refractivity contribution in [1.29, 1.82) is 0 Å².